The summed E-state index contributed by atoms with van der Waals surface area (Å²) in [6.45, 7) is 2.58. The first-order valence-electron chi connectivity index (χ1n) is 4.65. The van der Waals surface area contributed by atoms with Crippen molar-refractivity contribution in [1.29, 1.82) is 0 Å². The third-order valence-electron chi connectivity index (χ3n) is 1.82. The molecule has 3 N–H and O–H groups in total. The Morgan fingerprint density at radius 2 is 2.33 bits per heavy atom. The highest BCUT2D eigenvalue weighted by Crippen LogP contribution is 2.14. The SMILES string of the molecule is CCCN=C(NN)c1ccc(Cl)cc1F. The molecule has 15 heavy (non-hydrogen) atoms. The number of halogens is 2. The highest BCUT2D eigenvalue weighted by Gasteiger charge is 2.08. The predicted molar refractivity (Wildman–Crippen MR) is 60.4 cm³/mol. The van der Waals surface area contributed by atoms with Crippen LogP contribution >= 0.6 is 11.6 Å². The number of benzene rings is 1. The molecular weight excluding hydrogens is 217 g/mol. The van der Waals surface area contributed by atoms with E-state index >= 15 is 0 Å². The minimum Gasteiger partial charge on any atom is -0.308 e. The van der Waals surface area contributed by atoms with Crippen LogP contribution in [0.2, 0.25) is 5.02 Å². The zero-order valence-electron chi connectivity index (χ0n) is 8.43. The molecule has 0 aliphatic rings. The fourth-order valence-electron chi connectivity index (χ4n) is 1.11. The summed E-state index contributed by atoms with van der Waals surface area (Å²) in [6, 6.07) is 4.38. The Labute approximate surface area is 93.1 Å². The van der Waals surface area contributed by atoms with E-state index in [0.29, 0.717) is 23.0 Å². The van der Waals surface area contributed by atoms with Gasteiger partial charge in [0, 0.05) is 11.6 Å². The van der Waals surface area contributed by atoms with Crippen LogP contribution in [0.15, 0.2) is 23.2 Å². The lowest BCUT2D eigenvalue weighted by Crippen LogP contribution is -2.32. The molecule has 1 aromatic carbocycles. The van der Waals surface area contributed by atoms with Gasteiger partial charge in [0.15, 0.2) is 0 Å². The highest BCUT2D eigenvalue weighted by atomic mass is 35.5. The van der Waals surface area contributed by atoms with Crippen LogP contribution < -0.4 is 11.3 Å². The van der Waals surface area contributed by atoms with E-state index in [1.807, 2.05) is 6.92 Å². The number of nitrogens with two attached hydrogens (primary N) is 1. The van der Waals surface area contributed by atoms with Gasteiger partial charge in [0.25, 0.3) is 0 Å². The van der Waals surface area contributed by atoms with Gasteiger partial charge in [-0.1, -0.05) is 18.5 Å². The molecule has 0 heterocycles. The summed E-state index contributed by atoms with van der Waals surface area (Å²) in [6.07, 6.45) is 0.875. The van der Waals surface area contributed by atoms with Gasteiger partial charge in [-0.15, -0.1) is 0 Å². The number of rotatable bonds is 3. The number of nitrogens with zero attached hydrogens (tertiary/aromatic N) is 1. The molecule has 0 unspecified atom stereocenters. The maximum absolute atomic E-state index is 13.5. The second-order valence-electron chi connectivity index (χ2n) is 3.00. The van der Waals surface area contributed by atoms with Crippen molar-refractivity contribution in [1.82, 2.24) is 5.43 Å². The molecule has 1 aromatic rings. The van der Waals surface area contributed by atoms with E-state index < -0.39 is 5.82 Å². The van der Waals surface area contributed by atoms with Crippen LogP contribution in [0.1, 0.15) is 18.9 Å². The largest absolute Gasteiger partial charge is 0.308 e. The third kappa shape index (κ3) is 3.18. The topological polar surface area (TPSA) is 50.4 Å². The van der Waals surface area contributed by atoms with Gasteiger partial charge < -0.3 is 5.43 Å². The summed E-state index contributed by atoms with van der Waals surface area (Å²) in [5.74, 6) is 5.18. The van der Waals surface area contributed by atoms with Gasteiger partial charge in [-0.2, -0.15) is 0 Å². The molecule has 0 radical (unpaired) electrons. The molecule has 0 aliphatic heterocycles. The van der Waals surface area contributed by atoms with E-state index in [1.54, 1.807) is 12.1 Å². The van der Waals surface area contributed by atoms with Crippen molar-refractivity contribution in [3.63, 3.8) is 0 Å². The first-order chi connectivity index (χ1) is 7.19. The van der Waals surface area contributed by atoms with Crippen LogP contribution in [0.25, 0.3) is 0 Å². The Kier molecular flexibility index (Phi) is 4.52. The van der Waals surface area contributed by atoms with Crippen molar-refractivity contribution in [3.8, 4) is 0 Å². The standard InChI is InChI=1S/C10H13ClFN3/c1-2-5-14-10(15-13)8-4-3-7(11)6-9(8)12/h3-4,6H,2,5,13H2,1H3,(H,14,15). The molecule has 0 aliphatic carbocycles. The van der Waals surface area contributed by atoms with E-state index in [9.17, 15) is 4.39 Å². The lowest BCUT2D eigenvalue weighted by atomic mass is 10.2. The summed E-state index contributed by atoms with van der Waals surface area (Å²) in [4.78, 5) is 4.12. The number of hydrazine groups is 1. The molecule has 1 rings (SSSR count). The average molecular weight is 230 g/mol. The van der Waals surface area contributed by atoms with E-state index in [2.05, 4.69) is 10.4 Å². The molecule has 0 aromatic heterocycles. The zero-order valence-corrected chi connectivity index (χ0v) is 9.18. The molecule has 0 spiro atoms. The highest BCUT2D eigenvalue weighted by molar-refractivity contribution is 6.30. The number of amidine groups is 1. The average Bonchev–Trinajstić information content (AvgIpc) is 2.21. The fourth-order valence-corrected chi connectivity index (χ4v) is 1.27. The lowest BCUT2D eigenvalue weighted by Gasteiger charge is -2.07. The quantitative estimate of drug-likeness (QED) is 0.361. The minimum atomic E-state index is -0.435. The maximum atomic E-state index is 13.5. The first kappa shape index (κ1) is 11.9. The number of aliphatic imine (C=N–C) groups is 1. The van der Waals surface area contributed by atoms with E-state index in [4.69, 9.17) is 17.4 Å². The van der Waals surface area contributed by atoms with Crippen molar-refractivity contribution in [2.75, 3.05) is 6.54 Å². The molecular formula is C10H13ClFN3. The molecule has 0 saturated heterocycles. The predicted octanol–water partition coefficient (Wildman–Crippen LogP) is 2.10. The molecule has 0 atom stereocenters. The molecule has 82 valence electrons. The Bertz CT molecular complexity index is 366. The van der Waals surface area contributed by atoms with Gasteiger partial charge in [-0.3, -0.25) is 4.99 Å². The zero-order chi connectivity index (χ0) is 11.3. The lowest BCUT2D eigenvalue weighted by molar-refractivity contribution is 0.624. The number of hydrogen-bond donors (Lipinski definition) is 2. The van der Waals surface area contributed by atoms with E-state index in [1.165, 1.54) is 6.07 Å². The maximum Gasteiger partial charge on any atom is 0.145 e. The van der Waals surface area contributed by atoms with E-state index in [0.717, 1.165) is 6.42 Å². The van der Waals surface area contributed by atoms with Crippen molar-refractivity contribution in [3.05, 3.63) is 34.6 Å². The summed E-state index contributed by atoms with van der Waals surface area (Å²) in [5.41, 5.74) is 2.71. The van der Waals surface area contributed by atoms with Crippen LogP contribution in [0.4, 0.5) is 4.39 Å². The normalized spacial score (nSPS) is 11.6. The van der Waals surface area contributed by atoms with Gasteiger partial charge in [0.1, 0.15) is 11.7 Å². The van der Waals surface area contributed by atoms with Gasteiger partial charge in [0.05, 0.1) is 5.56 Å². The van der Waals surface area contributed by atoms with Gasteiger partial charge in [-0.05, 0) is 24.6 Å². The molecule has 0 fully saturated rings. The second kappa shape index (κ2) is 5.68. The fraction of sp³-hybridized carbons (Fsp3) is 0.300. The molecule has 0 bridgehead atoms. The van der Waals surface area contributed by atoms with Crippen LogP contribution in [0.3, 0.4) is 0 Å². The number of hydrogen-bond acceptors (Lipinski definition) is 2. The summed E-state index contributed by atoms with van der Waals surface area (Å²) in [5, 5.41) is 0.350. The first-order valence-corrected chi connectivity index (χ1v) is 5.03. The van der Waals surface area contributed by atoms with Crippen molar-refractivity contribution in [2.24, 2.45) is 10.8 Å². The van der Waals surface area contributed by atoms with Crippen LogP contribution in [0.5, 0.6) is 0 Å². The monoisotopic (exact) mass is 229 g/mol. The van der Waals surface area contributed by atoms with Crippen molar-refractivity contribution < 1.29 is 4.39 Å². The summed E-state index contributed by atoms with van der Waals surface area (Å²) in [7, 11) is 0. The van der Waals surface area contributed by atoms with E-state index in [-0.39, 0.29) is 0 Å². The van der Waals surface area contributed by atoms with Crippen molar-refractivity contribution >= 4 is 17.4 Å². The summed E-state index contributed by atoms with van der Waals surface area (Å²) < 4.78 is 13.5. The van der Waals surface area contributed by atoms with Crippen LogP contribution in [0, 0.1) is 5.82 Å². The molecule has 5 heteroatoms. The third-order valence-corrected chi connectivity index (χ3v) is 2.05. The Morgan fingerprint density at radius 3 is 2.87 bits per heavy atom. The molecule has 3 nitrogen and oxygen atoms in total. The Morgan fingerprint density at radius 1 is 1.60 bits per heavy atom. The molecule has 0 saturated carbocycles. The smallest absolute Gasteiger partial charge is 0.145 e. The van der Waals surface area contributed by atoms with Gasteiger partial charge in [0.2, 0.25) is 0 Å². The minimum absolute atomic E-state index is 0.329. The number of nitrogens with one attached hydrogen (secondary N) is 1. The summed E-state index contributed by atoms with van der Waals surface area (Å²) >= 11 is 5.64. The Balaban J connectivity index is 3.02. The Hall–Kier alpha value is -1.13. The van der Waals surface area contributed by atoms with Gasteiger partial charge in [-0.25, -0.2) is 10.2 Å². The molecule has 0 amide bonds. The van der Waals surface area contributed by atoms with Crippen molar-refractivity contribution in [2.45, 2.75) is 13.3 Å². The van der Waals surface area contributed by atoms with Crippen LogP contribution in [-0.2, 0) is 0 Å². The van der Waals surface area contributed by atoms with Gasteiger partial charge >= 0.3 is 0 Å². The van der Waals surface area contributed by atoms with Crippen LogP contribution in [-0.4, -0.2) is 12.4 Å². The second-order valence-corrected chi connectivity index (χ2v) is 3.44.